The first kappa shape index (κ1) is 13.8. The minimum absolute atomic E-state index is 0.157. The van der Waals surface area contributed by atoms with Crippen LogP contribution in [0.15, 0.2) is 18.3 Å². The van der Waals surface area contributed by atoms with Crippen LogP contribution in [-0.4, -0.2) is 28.4 Å². The van der Waals surface area contributed by atoms with Crippen molar-refractivity contribution < 1.29 is 4.79 Å². The first-order chi connectivity index (χ1) is 8.13. The molecule has 1 unspecified atom stereocenters. The van der Waals surface area contributed by atoms with Gasteiger partial charge in [-0.25, -0.2) is 0 Å². The van der Waals surface area contributed by atoms with E-state index in [0.29, 0.717) is 11.4 Å². The molecule has 1 aromatic rings. The zero-order valence-corrected chi connectivity index (χ0v) is 11.1. The second-order valence-electron chi connectivity index (χ2n) is 3.83. The van der Waals surface area contributed by atoms with Gasteiger partial charge in [-0.2, -0.15) is 11.8 Å². The van der Waals surface area contributed by atoms with Gasteiger partial charge in [-0.1, -0.05) is 6.92 Å². The molecule has 0 aromatic carbocycles. The third-order valence-corrected chi connectivity index (χ3v) is 3.23. The van der Waals surface area contributed by atoms with Crippen LogP contribution in [0, 0.1) is 0 Å². The molecule has 0 aliphatic carbocycles. The number of thioether (sulfide) groups is 1. The van der Waals surface area contributed by atoms with Crippen molar-refractivity contribution in [2.45, 2.75) is 26.3 Å². The van der Waals surface area contributed by atoms with E-state index in [0.717, 1.165) is 17.9 Å². The van der Waals surface area contributed by atoms with Crippen molar-refractivity contribution in [2.75, 3.05) is 17.2 Å². The number of hydrogen-bond donors (Lipinski definition) is 2. The molecular weight excluding hydrogens is 234 g/mol. The van der Waals surface area contributed by atoms with E-state index in [1.165, 1.54) is 0 Å². The van der Waals surface area contributed by atoms with Gasteiger partial charge >= 0.3 is 0 Å². The topological polar surface area (TPSA) is 68.0 Å². The van der Waals surface area contributed by atoms with Crippen LogP contribution in [0.4, 0.5) is 5.69 Å². The number of carbonyl (C=O) groups excluding carboxylic acids is 1. The number of pyridine rings is 1. The minimum atomic E-state index is -0.161. The van der Waals surface area contributed by atoms with Crippen molar-refractivity contribution in [3.05, 3.63) is 24.0 Å². The van der Waals surface area contributed by atoms with Crippen LogP contribution >= 0.6 is 11.8 Å². The summed E-state index contributed by atoms with van der Waals surface area (Å²) in [6, 6.07) is 3.41. The summed E-state index contributed by atoms with van der Waals surface area (Å²) < 4.78 is 0. The van der Waals surface area contributed by atoms with Crippen LogP contribution in [-0.2, 0) is 0 Å². The zero-order chi connectivity index (χ0) is 12.7. The van der Waals surface area contributed by atoms with Gasteiger partial charge in [-0.3, -0.25) is 9.78 Å². The molecule has 0 saturated heterocycles. The van der Waals surface area contributed by atoms with Gasteiger partial charge < -0.3 is 11.1 Å². The summed E-state index contributed by atoms with van der Waals surface area (Å²) in [4.78, 5) is 15.8. The average Bonchev–Trinajstić information content (AvgIpc) is 2.29. The Bertz CT molecular complexity index is 371. The molecule has 0 aliphatic rings. The van der Waals surface area contributed by atoms with Gasteiger partial charge in [0.05, 0.1) is 0 Å². The van der Waals surface area contributed by atoms with E-state index in [1.807, 2.05) is 18.7 Å². The Labute approximate surface area is 106 Å². The lowest BCUT2D eigenvalue weighted by molar-refractivity contribution is 0.0934. The molecule has 1 atom stereocenters. The maximum absolute atomic E-state index is 11.8. The fourth-order valence-corrected chi connectivity index (χ4v) is 2.15. The van der Waals surface area contributed by atoms with Crippen molar-refractivity contribution in [2.24, 2.45) is 0 Å². The zero-order valence-electron chi connectivity index (χ0n) is 10.3. The monoisotopic (exact) mass is 253 g/mol. The molecule has 0 saturated carbocycles. The summed E-state index contributed by atoms with van der Waals surface area (Å²) in [5, 5.41) is 2.91. The van der Waals surface area contributed by atoms with E-state index < -0.39 is 0 Å². The maximum atomic E-state index is 11.8. The fraction of sp³-hybridized carbons (Fsp3) is 0.500. The Kier molecular flexibility index (Phi) is 5.83. The lowest BCUT2D eigenvalue weighted by atomic mass is 10.2. The van der Waals surface area contributed by atoms with Crippen LogP contribution in [0.1, 0.15) is 30.8 Å². The molecule has 5 heteroatoms. The second kappa shape index (κ2) is 7.17. The smallest absolute Gasteiger partial charge is 0.270 e. The summed E-state index contributed by atoms with van der Waals surface area (Å²) in [6.45, 7) is 4.13. The highest BCUT2D eigenvalue weighted by Crippen LogP contribution is 2.06. The van der Waals surface area contributed by atoms with Crippen molar-refractivity contribution in [3.63, 3.8) is 0 Å². The first-order valence-corrected chi connectivity index (χ1v) is 6.89. The third-order valence-electron chi connectivity index (χ3n) is 2.29. The molecule has 1 heterocycles. The van der Waals surface area contributed by atoms with E-state index in [4.69, 9.17) is 5.73 Å². The van der Waals surface area contributed by atoms with Crippen molar-refractivity contribution >= 4 is 23.4 Å². The minimum Gasteiger partial charge on any atom is -0.399 e. The largest absolute Gasteiger partial charge is 0.399 e. The Morgan fingerprint density at radius 3 is 3.06 bits per heavy atom. The molecule has 3 N–H and O–H groups in total. The molecular formula is C12H19N3OS. The number of nitrogen functional groups attached to an aromatic ring is 1. The third kappa shape index (κ3) is 5.08. The summed E-state index contributed by atoms with van der Waals surface area (Å²) >= 11 is 1.87. The highest BCUT2D eigenvalue weighted by atomic mass is 32.2. The van der Waals surface area contributed by atoms with Crippen LogP contribution in [0.25, 0.3) is 0 Å². The molecule has 0 spiro atoms. The Balaban J connectivity index is 2.43. The Morgan fingerprint density at radius 1 is 1.65 bits per heavy atom. The molecule has 94 valence electrons. The Morgan fingerprint density at radius 2 is 2.41 bits per heavy atom. The number of anilines is 1. The summed E-state index contributed by atoms with van der Waals surface area (Å²) in [5.74, 6) is 2.01. The number of carbonyl (C=O) groups is 1. The van der Waals surface area contributed by atoms with Gasteiger partial charge in [-0.05, 0) is 37.0 Å². The Hall–Kier alpha value is -1.23. The molecule has 1 rings (SSSR count). The highest BCUT2D eigenvalue weighted by Gasteiger charge is 2.10. The summed E-state index contributed by atoms with van der Waals surface area (Å²) in [6.07, 6.45) is 2.51. The number of rotatable bonds is 6. The van der Waals surface area contributed by atoms with E-state index in [1.54, 1.807) is 18.3 Å². The molecule has 0 aliphatic heterocycles. The molecule has 4 nitrogen and oxygen atoms in total. The number of aromatic nitrogens is 1. The van der Waals surface area contributed by atoms with Crippen molar-refractivity contribution in [1.29, 1.82) is 0 Å². The lowest BCUT2D eigenvalue weighted by Crippen LogP contribution is -2.33. The molecule has 0 bridgehead atoms. The molecule has 1 amide bonds. The van der Waals surface area contributed by atoms with Gasteiger partial charge in [-0.15, -0.1) is 0 Å². The first-order valence-electron chi connectivity index (χ1n) is 5.73. The maximum Gasteiger partial charge on any atom is 0.270 e. The quantitative estimate of drug-likeness (QED) is 0.760. The van der Waals surface area contributed by atoms with Gasteiger partial charge in [0.2, 0.25) is 0 Å². The van der Waals surface area contributed by atoms with Crippen LogP contribution in [0.3, 0.4) is 0 Å². The van der Waals surface area contributed by atoms with Gasteiger partial charge in [0.1, 0.15) is 5.69 Å². The van der Waals surface area contributed by atoms with E-state index >= 15 is 0 Å². The van der Waals surface area contributed by atoms with Crippen LogP contribution < -0.4 is 11.1 Å². The van der Waals surface area contributed by atoms with Crippen LogP contribution in [0.5, 0.6) is 0 Å². The summed E-state index contributed by atoms with van der Waals surface area (Å²) in [5.41, 5.74) is 6.53. The SMILES string of the molecule is CCSCCC(C)NC(=O)c1cc(N)ccn1. The molecule has 0 fully saturated rings. The standard InChI is InChI=1S/C12H19N3OS/c1-3-17-7-5-9(2)15-12(16)11-8-10(13)4-6-14-11/h4,6,8-9H,3,5,7H2,1-2H3,(H2,13,14)(H,15,16). The number of nitrogens with zero attached hydrogens (tertiary/aromatic N) is 1. The second-order valence-corrected chi connectivity index (χ2v) is 5.23. The number of nitrogens with two attached hydrogens (primary N) is 1. The van der Waals surface area contributed by atoms with Gasteiger partial charge in [0, 0.05) is 17.9 Å². The number of nitrogens with one attached hydrogen (secondary N) is 1. The predicted octanol–water partition coefficient (Wildman–Crippen LogP) is 1.93. The van der Waals surface area contributed by atoms with E-state index in [-0.39, 0.29) is 11.9 Å². The molecule has 17 heavy (non-hydrogen) atoms. The number of hydrogen-bond acceptors (Lipinski definition) is 4. The highest BCUT2D eigenvalue weighted by molar-refractivity contribution is 7.99. The van der Waals surface area contributed by atoms with Crippen LogP contribution in [0.2, 0.25) is 0 Å². The van der Waals surface area contributed by atoms with Gasteiger partial charge in [0.25, 0.3) is 5.91 Å². The normalized spacial score (nSPS) is 12.1. The van der Waals surface area contributed by atoms with Crippen molar-refractivity contribution in [1.82, 2.24) is 10.3 Å². The van der Waals surface area contributed by atoms with Gasteiger partial charge in [0.15, 0.2) is 0 Å². The van der Waals surface area contributed by atoms with Crippen molar-refractivity contribution in [3.8, 4) is 0 Å². The molecule has 0 radical (unpaired) electrons. The number of amides is 1. The summed E-state index contributed by atoms with van der Waals surface area (Å²) in [7, 11) is 0. The van der Waals surface area contributed by atoms with E-state index in [2.05, 4.69) is 17.2 Å². The lowest BCUT2D eigenvalue weighted by Gasteiger charge is -2.13. The molecule has 1 aromatic heterocycles. The fourth-order valence-electron chi connectivity index (χ4n) is 1.35. The predicted molar refractivity (Wildman–Crippen MR) is 73.2 cm³/mol. The van der Waals surface area contributed by atoms with E-state index in [9.17, 15) is 4.79 Å². The average molecular weight is 253 g/mol.